The lowest BCUT2D eigenvalue weighted by Gasteiger charge is -2.20. The standard InChI is InChI=1S/C11H25NO/c1-5-6-10(12-4)8-11(13)7-9(2)3/h9-13H,5-8H2,1-4H3. The highest BCUT2D eigenvalue weighted by Gasteiger charge is 2.12. The van der Waals surface area contributed by atoms with Crippen LogP contribution in [-0.4, -0.2) is 24.3 Å². The van der Waals surface area contributed by atoms with Gasteiger partial charge in [-0.15, -0.1) is 0 Å². The van der Waals surface area contributed by atoms with E-state index in [1.807, 2.05) is 7.05 Å². The van der Waals surface area contributed by atoms with Gasteiger partial charge in [0.15, 0.2) is 0 Å². The molecule has 0 aliphatic carbocycles. The average Bonchev–Trinajstić information content (AvgIpc) is 2.02. The van der Waals surface area contributed by atoms with Gasteiger partial charge in [0.25, 0.3) is 0 Å². The highest BCUT2D eigenvalue weighted by atomic mass is 16.3. The van der Waals surface area contributed by atoms with Crippen molar-refractivity contribution in [1.29, 1.82) is 0 Å². The maximum atomic E-state index is 9.71. The van der Waals surface area contributed by atoms with Crippen LogP contribution in [0.4, 0.5) is 0 Å². The van der Waals surface area contributed by atoms with Crippen LogP contribution in [0.2, 0.25) is 0 Å². The zero-order chi connectivity index (χ0) is 10.3. The molecular formula is C11H25NO. The Kier molecular flexibility index (Phi) is 7.29. The summed E-state index contributed by atoms with van der Waals surface area (Å²) in [5.41, 5.74) is 0. The minimum Gasteiger partial charge on any atom is -0.393 e. The molecule has 0 aromatic heterocycles. The van der Waals surface area contributed by atoms with Crippen LogP contribution in [0.1, 0.15) is 46.5 Å². The average molecular weight is 187 g/mol. The molecule has 0 aliphatic rings. The summed E-state index contributed by atoms with van der Waals surface area (Å²) in [6.07, 6.45) is 4.01. The van der Waals surface area contributed by atoms with Crippen molar-refractivity contribution in [2.24, 2.45) is 5.92 Å². The SMILES string of the molecule is CCCC(CC(O)CC(C)C)NC. The number of hydrogen-bond donors (Lipinski definition) is 2. The van der Waals surface area contributed by atoms with Crippen molar-refractivity contribution in [3.63, 3.8) is 0 Å². The molecule has 0 aliphatic heterocycles. The summed E-state index contributed by atoms with van der Waals surface area (Å²) in [7, 11) is 1.97. The van der Waals surface area contributed by atoms with Crippen molar-refractivity contribution in [3.05, 3.63) is 0 Å². The molecule has 2 nitrogen and oxygen atoms in total. The quantitative estimate of drug-likeness (QED) is 0.640. The molecule has 0 spiro atoms. The summed E-state index contributed by atoms with van der Waals surface area (Å²) in [4.78, 5) is 0. The summed E-state index contributed by atoms with van der Waals surface area (Å²) in [5, 5.41) is 13.0. The van der Waals surface area contributed by atoms with Crippen molar-refractivity contribution in [2.75, 3.05) is 7.05 Å². The number of rotatable bonds is 7. The van der Waals surface area contributed by atoms with Gasteiger partial charge in [0, 0.05) is 6.04 Å². The molecule has 2 unspecified atom stereocenters. The molecule has 0 bridgehead atoms. The summed E-state index contributed by atoms with van der Waals surface area (Å²) in [6, 6.07) is 0.485. The lowest BCUT2D eigenvalue weighted by atomic mass is 9.98. The Balaban J connectivity index is 3.65. The fourth-order valence-corrected chi connectivity index (χ4v) is 1.70. The molecule has 0 radical (unpaired) electrons. The number of aliphatic hydroxyl groups is 1. The van der Waals surface area contributed by atoms with Crippen LogP contribution in [0, 0.1) is 5.92 Å². The van der Waals surface area contributed by atoms with Gasteiger partial charge < -0.3 is 10.4 Å². The summed E-state index contributed by atoms with van der Waals surface area (Å²) >= 11 is 0. The van der Waals surface area contributed by atoms with Crippen LogP contribution in [0.3, 0.4) is 0 Å². The molecule has 0 saturated heterocycles. The van der Waals surface area contributed by atoms with Crippen LogP contribution >= 0.6 is 0 Å². The molecule has 0 fully saturated rings. The van der Waals surface area contributed by atoms with Gasteiger partial charge in [-0.2, -0.15) is 0 Å². The fourth-order valence-electron chi connectivity index (χ4n) is 1.70. The van der Waals surface area contributed by atoms with E-state index in [2.05, 4.69) is 26.1 Å². The highest BCUT2D eigenvalue weighted by Crippen LogP contribution is 2.12. The molecule has 80 valence electrons. The van der Waals surface area contributed by atoms with Gasteiger partial charge in [-0.1, -0.05) is 27.2 Å². The van der Waals surface area contributed by atoms with Crippen LogP contribution < -0.4 is 5.32 Å². The molecule has 0 amide bonds. The number of hydrogen-bond acceptors (Lipinski definition) is 2. The topological polar surface area (TPSA) is 32.3 Å². The van der Waals surface area contributed by atoms with Crippen molar-refractivity contribution in [2.45, 2.75) is 58.6 Å². The molecular weight excluding hydrogens is 162 g/mol. The van der Waals surface area contributed by atoms with E-state index in [0.29, 0.717) is 12.0 Å². The van der Waals surface area contributed by atoms with E-state index >= 15 is 0 Å². The predicted octanol–water partition coefficient (Wildman–Crippen LogP) is 2.17. The maximum absolute atomic E-state index is 9.71. The van der Waals surface area contributed by atoms with Crippen LogP contribution in [-0.2, 0) is 0 Å². The van der Waals surface area contributed by atoms with Crippen LogP contribution in [0.15, 0.2) is 0 Å². The van der Waals surface area contributed by atoms with Crippen molar-refractivity contribution < 1.29 is 5.11 Å². The van der Waals surface area contributed by atoms with Crippen molar-refractivity contribution in [3.8, 4) is 0 Å². The van der Waals surface area contributed by atoms with E-state index in [0.717, 1.165) is 19.3 Å². The number of nitrogens with one attached hydrogen (secondary N) is 1. The summed E-state index contributed by atoms with van der Waals surface area (Å²) in [5.74, 6) is 0.592. The third kappa shape index (κ3) is 7.03. The Bertz CT molecular complexity index is 115. The monoisotopic (exact) mass is 187 g/mol. The first kappa shape index (κ1) is 12.9. The molecule has 13 heavy (non-hydrogen) atoms. The first-order valence-corrected chi connectivity index (χ1v) is 5.45. The van der Waals surface area contributed by atoms with E-state index in [1.54, 1.807) is 0 Å². The Morgan fingerprint density at radius 3 is 2.23 bits per heavy atom. The van der Waals surface area contributed by atoms with Gasteiger partial charge in [0.1, 0.15) is 0 Å². The highest BCUT2D eigenvalue weighted by molar-refractivity contribution is 4.70. The first-order chi connectivity index (χ1) is 6.10. The molecule has 0 aromatic carbocycles. The van der Waals surface area contributed by atoms with E-state index in [9.17, 15) is 5.11 Å². The van der Waals surface area contributed by atoms with Gasteiger partial charge in [0.05, 0.1) is 6.10 Å². The smallest absolute Gasteiger partial charge is 0.0557 e. The lowest BCUT2D eigenvalue weighted by molar-refractivity contribution is 0.125. The molecule has 2 heteroatoms. The second kappa shape index (κ2) is 7.34. The zero-order valence-electron chi connectivity index (χ0n) is 9.51. The van der Waals surface area contributed by atoms with E-state index in [4.69, 9.17) is 0 Å². The molecule has 0 heterocycles. The van der Waals surface area contributed by atoms with E-state index < -0.39 is 0 Å². The predicted molar refractivity (Wildman–Crippen MR) is 57.8 cm³/mol. The van der Waals surface area contributed by atoms with Crippen molar-refractivity contribution >= 4 is 0 Å². The Morgan fingerprint density at radius 2 is 1.85 bits per heavy atom. The second-order valence-electron chi connectivity index (χ2n) is 4.29. The first-order valence-electron chi connectivity index (χ1n) is 5.45. The number of aliphatic hydroxyl groups excluding tert-OH is 1. The third-order valence-electron chi connectivity index (χ3n) is 2.35. The Labute approximate surface area is 82.7 Å². The van der Waals surface area contributed by atoms with E-state index in [1.165, 1.54) is 6.42 Å². The van der Waals surface area contributed by atoms with Gasteiger partial charge in [-0.25, -0.2) is 0 Å². The van der Waals surface area contributed by atoms with Gasteiger partial charge in [0.2, 0.25) is 0 Å². The molecule has 0 aromatic rings. The lowest BCUT2D eigenvalue weighted by Crippen LogP contribution is -2.30. The van der Waals surface area contributed by atoms with E-state index in [-0.39, 0.29) is 6.10 Å². The van der Waals surface area contributed by atoms with Crippen LogP contribution in [0.25, 0.3) is 0 Å². The third-order valence-corrected chi connectivity index (χ3v) is 2.35. The molecule has 0 rings (SSSR count). The summed E-state index contributed by atoms with van der Waals surface area (Å²) < 4.78 is 0. The summed E-state index contributed by atoms with van der Waals surface area (Å²) in [6.45, 7) is 6.48. The second-order valence-corrected chi connectivity index (χ2v) is 4.29. The zero-order valence-corrected chi connectivity index (χ0v) is 9.51. The Hall–Kier alpha value is -0.0800. The minimum atomic E-state index is -0.135. The van der Waals surface area contributed by atoms with Gasteiger partial charge >= 0.3 is 0 Å². The largest absolute Gasteiger partial charge is 0.393 e. The molecule has 2 atom stereocenters. The molecule has 2 N–H and O–H groups in total. The van der Waals surface area contributed by atoms with Gasteiger partial charge in [-0.05, 0) is 32.2 Å². The normalized spacial score (nSPS) is 16.2. The van der Waals surface area contributed by atoms with Crippen LogP contribution in [0.5, 0.6) is 0 Å². The Morgan fingerprint density at radius 1 is 1.23 bits per heavy atom. The minimum absolute atomic E-state index is 0.135. The van der Waals surface area contributed by atoms with Gasteiger partial charge in [-0.3, -0.25) is 0 Å². The maximum Gasteiger partial charge on any atom is 0.0557 e. The fraction of sp³-hybridized carbons (Fsp3) is 1.00. The van der Waals surface area contributed by atoms with Crippen molar-refractivity contribution in [1.82, 2.24) is 5.32 Å². The molecule has 0 saturated carbocycles.